The third-order valence-electron chi connectivity index (χ3n) is 4.42. The average molecular weight is 385 g/mol. The summed E-state index contributed by atoms with van der Waals surface area (Å²) in [4.78, 5) is 16.0. The molecule has 6 nitrogen and oxygen atoms in total. The van der Waals surface area contributed by atoms with Gasteiger partial charge in [-0.05, 0) is 31.1 Å². The minimum Gasteiger partial charge on any atom is -0.425 e. The number of carbonyl (C=O) groups excluding carboxylic acids is 1. The van der Waals surface area contributed by atoms with E-state index in [0.29, 0.717) is 18.3 Å². The van der Waals surface area contributed by atoms with Crippen molar-refractivity contribution in [3.8, 4) is 0 Å². The Morgan fingerprint density at radius 2 is 1.96 bits per heavy atom. The van der Waals surface area contributed by atoms with Crippen LogP contribution in [0.2, 0.25) is 0 Å². The largest absolute Gasteiger partial charge is 0.425 e. The minimum atomic E-state index is -0.257. The topological polar surface area (TPSA) is 71.3 Å². The van der Waals surface area contributed by atoms with Gasteiger partial charge in [-0.3, -0.25) is 4.79 Å². The van der Waals surface area contributed by atoms with Crippen LogP contribution in [-0.4, -0.2) is 41.6 Å². The number of hydrogen-bond donors (Lipinski definition) is 1. The van der Waals surface area contributed by atoms with Crippen molar-refractivity contribution in [3.63, 3.8) is 0 Å². The molecule has 0 saturated heterocycles. The Morgan fingerprint density at radius 1 is 1.19 bits per heavy atom. The van der Waals surface area contributed by atoms with Crippen molar-refractivity contribution in [2.45, 2.75) is 25.3 Å². The van der Waals surface area contributed by atoms with Crippen LogP contribution in [0.1, 0.15) is 40.6 Å². The quantitative estimate of drug-likeness (QED) is 0.645. The number of aryl methyl sites for hydroxylation is 1. The Morgan fingerprint density at radius 3 is 2.56 bits per heavy atom. The zero-order valence-corrected chi connectivity index (χ0v) is 16.6. The number of aromatic nitrogens is 2. The van der Waals surface area contributed by atoms with E-state index in [1.54, 1.807) is 18.3 Å². The molecule has 1 amide bonds. The second-order valence-electron chi connectivity index (χ2n) is 6.63. The second kappa shape index (κ2) is 8.92. The van der Waals surface area contributed by atoms with Crippen LogP contribution in [0.3, 0.4) is 0 Å². The van der Waals surface area contributed by atoms with Crippen molar-refractivity contribution < 1.29 is 9.21 Å². The minimum absolute atomic E-state index is 0.0388. The van der Waals surface area contributed by atoms with Gasteiger partial charge in [-0.25, -0.2) is 0 Å². The van der Waals surface area contributed by atoms with Crippen molar-refractivity contribution in [1.29, 1.82) is 0 Å². The van der Waals surface area contributed by atoms with Gasteiger partial charge in [-0.1, -0.05) is 36.4 Å². The van der Waals surface area contributed by atoms with E-state index in [4.69, 9.17) is 4.42 Å². The first-order valence-corrected chi connectivity index (χ1v) is 9.74. The lowest BCUT2D eigenvalue weighted by Gasteiger charge is -2.24. The summed E-state index contributed by atoms with van der Waals surface area (Å²) in [5.41, 5.74) is 0.985. The Labute approximate surface area is 163 Å². The maximum Gasteiger partial charge on any atom is 0.224 e. The van der Waals surface area contributed by atoms with Crippen LogP contribution in [0.4, 0.5) is 0 Å². The lowest BCUT2D eigenvalue weighted by atomic mass is 9.95. The third-order valence-corrected chi connectivity index (χ3v) is 5.39. The molecule has 0 saturated carbocycles. The predicted molar refractivity (Wildman–Crippen MR) is 106 cm³/mol. The normalized spacial score (nSPS) is 13.5. The van der Waals surface area contributed by atoms with Crippen LogP contribution >= 0.6 is 11.3 Å². The Bertz CT molecular complexity index is 846. The number of rotatable bonds is 8. The van der Waals surface area contributed by atoms with Gasteiger partial charge < -0.3 is 14.6 Å². The average Bonchev–Trinajstić information content (AvgIpc) is 3.32. The highest BCUT2D eigenvalue weighted by atomic mass is 32.1. The first kappa shape index (κ1) is 19.3. The highest BCUT2D eigenvalue weighted by Gasteiger charge is 2.24. The first-order chi connectivity index (χ1) is 13.0. The number of hydrogen-bond acceptors (Lipinski definition) is 6. The molecule has 3 aromatic rings. The predicted octanol–water partition coefficient (Wildman–Crippen LogP) is 3.38. The Kier molecular flexibility index (Phi) is 6.36. The molecule has 27 heavy (non-hydrogen) atoms. The van der Waals surface area contributed by atoms with Crippen LogP contribution in [0.15, 0.2) is 52.3 Å². The first-order valence-electron chi connectivity index (χ1n) is 8.86. The lowest BCUT2D eigenvalue weighted by Crippen LogP contribution is -2.34. The summed E-state index contributed by atoms with van der Waals surface area (Å²) in [6.07, 6.45) is 0.260. The van der Waals surface area contributed by atoms with Gasteiger partial charge in [0.05, 0.1) is 12.0 Å². The molecule has 2 aromatic heterocycles. The summed E-state index contributed by atoms with van der Waals surface area (Å²) in [5, 5.41) is 13.2. The fraction of sp³-hybridized carbons (Fsp3) is 0.350. The molecule has 2 atom stereocenters. The van der Waals surface area contributed by atoms with Crippen molar-refractivity contribution in [1.82, 2.24) is 20.4 Å². The van der Waals surface area contributed by atoms with Crippen LogP contribution in [-0.2, 0) is 4.79 Å². The molecule has 7 heteroatoms. The molecule has 1 aromatic carbocycles. The van der Waals surface area contributed by atoms with E-state index < -0.39 is 0 Å². The number of thiophene rings is 1. The van der Waals surface area contributed by atoms with E-state index in [9.17, 15) is 4.79 Å². The number of carbonyl (C=O) groups is 1. The fourth-order valence-corrected chi connectivity index (χ4v) is 3.89. The standard InChI is InChI=1S/C20H24N4O2S/c1-14-22-23-20(26-14)16(15-8-5-4-6-9-15)12-19(25)21-13-17(24(2)3)18-10-7-11-27-18/h4-11,16-17H,12-13H2,1-3H3,(H,21,25). The Balaban J connectivity index is 1.69. The second-order valence-corrected chi connectivity index (χ2v) is 7.60. The van der Waals surface area contributed by atoms with Crippen LogP contribution < -0.4 is 5.32 Å². The van der Waals surface area contributed by atoms with E-state index >= 15 is 0 Å². The monoisotopic (exact) mass is 384 g/mol. The van der Waals surface area contributed by atoms with Crippen molar-refractivity contribution >= 4 is 17.2 Å². The number of likely N-dealkylation sites (N-methyl/N-ethyl adjacent to an activating group) is 1. The lowest BCUT2D eigenvalue weighted by molar-refractivity contribution is -0.121. The maximum absolute atomic E-state index is 12.7. The molecular formula is C20H24N4O2S. The summed E-state index contributed by atoms with van der Waals surface area (Å²) in [6, 6.07) is 14.1. The maximum atomic E-state index is 12.7. The van der Waals surface area contributed by atoms with E-state index in [1.807, 2.05) is 50.5 Å². The van der Waals surface area contributed by atoms with Crippen LogP contribution in [0.5, 0.6) is 0 Å². The number of nitrogens with one attached hydrogen (secondary N) is 1. The molecule has 142 valence electrons. The van der Waals surface area contributed by atoms with Gasteiger partial charge in [0.2, 0.25) is 17.7 Å². The number of amides is 1. The zero-order valence-electron chi connectivity index (χ0n) is 15.8. The zero-order chi connectivity index (χ0) is 19.2. The van der Waals surface area contributed by atoms with E-state index in [-0.39, 0.29) is 24.3 Å². The van der Waals surface area contributed by atoms with Gasteiger partial charge >= 0.3 is 0 Å². The summed E-state index contributed by atoms with van der Waals surface area (Å²) >= 11 is 1.70. The SMILES string of the molecule is Cc1nnc(C(CC(=O)NCC(c2cccs2)N(C)C)c2ccccc2)o1. The van der Waals surface area contributed by atoms with Crippen LogP contribution in [0, 0.1) is 6.92 Å². The molecule has 0 bridgehead atoms. The highest BCUT2D eigenvalue weighted by molar-refractivity contribution is 7.10. The summed E-state index contributed by atoms with van der Waals surface area (Å²) < 4.78 is 5.61. The molecule has 1 N–H and O–H groups in total. The summed E-state index contributed by atoms with van der Waals surface area (Å²) in [6.45, 7) is 2.30. The molecule has 0 radical (unpaired) electrons. The molecule has 0 spiro atoms. The molecule has 2 heterocycles. The molecule has 0 aliphatic rings. The van der Waals surface area contributed by atoms with Gasteiger partial charge in [0.25, 0.3) is 0 Å². The molecule has 0 fully saturated rings. The van der Waals surface area contributed by atoms with Crippen molar-refractivity contribution in [2.75, 3.05) is 20.6 Å². The number of benzene rings is 1. The number of nitrogens with zero attached hydrogens (tertiary/aromatic N) is 3. The summed E-state index contributed by atoms with van der Waals surface area (Å²) in [5.74, 6) is 0.669. The molecule has 3 rings (SSSR count). The third kappa shape index (κ3) is 5.02. The van der Waals surface area contributed by atoms with E-state index in [1.165, 1.54) is 4.88 Å². The van der Waals surface area contributed by atoms with Gasteiger partial charge in [-0.15, -0.1) is 21.5 Å². The van der Waals surface area contributed by atoms with E-state index in [0.717, 1.165) is 5.56 Å². The Hall–Kier alpha value is -2.51. The fourth-order valence-electron chi connectivity index (χ4n) is 2.97. The highest BCUT2D eigenvalue weighted by Crippen LogP contribution is 2.27. The van der Waals surface area contributed by atoms with Gasteiger partial charge in [0.15, 0.2) is 0 Å². The molecule has 0 aliphatic carbocycles. The molecular weight excluding hydrogens is 360 g/mol. The van der Waals surface area contributed by atoms with Gasteiger partial charge in [0, 0.05) is 24.8 Å². The van der Waals surface area contributed by atoms with Gasteiger partial charge in [-0.2, -0.15) is 0 Å². The molecule has 0 aliphatic heterocycles. The van der Waals surface area contributed by atoms with E-state index in [2.05, 4.69) is 31.9 Å². The summed E-state index contributed by atoms with van der Waals surface area (Å²) in [7, 11) is 4.04. The van der Waals surface area contributed by atoms with Crippen molar-refractivity contribution in [3.05, 3.63) is 70.1 Å². The van der Waals surface area contributed by atoms with Crippen molar-refractivity contribution in [2.24, 2.45) is 0 Å². The van der Waals surface area contributed by atoms with Crippen LogP contribution in [0.25, 0.3) is 0 Å². The van der Waals surface area contributed by atoms with Gasteiger partial charge in [0.1, 0.15) is 0 Å². The molecule has 2 unspecified atom stereocenters. The smallest absolute Gasteiger partial charge is 0.224 e.